The van der Waals surface area contributed by atoms with Gasteiger partial charge in [0.05, 0.1) is 11.6 Å². The summed E-state index contributed by atoms with van der Waals surface area (Å²) in [7, 11) is 0. The van der Waals surface area contributed by atoms with Gasteiger partial charge in [-0.05, 0) is 30.7 Å². The average molecular weight is 287 g/mol. The van der Waals surface area contributed by atoms with Gasteiger partial charge < -0.3 is 0 Å². The number of hydrogen-bond donors (Lipinski definition) is 2. The smallest absolute Gasteiger partial charge is 0.271 e. The Bertz CT molecular complexity index is 453. The highest BCUT2D eigenvalue weighted by Crippen LogP contribution is 2.51. The van der Waals surface area contributed by atoms with E-state index < -0.39 is 17.8 Å². The highest BCUT2D eigenvalue weighted by atomic mass is 19.4. The Labute approximate surface area is 116 Å². The van der Waals surface area contributed by atoms with Crippen LogP contribution in [0.1, 0.15) is 56.2 Å². The second kappa shape index (κ2) is 5.69. The second-order valence-electron chi connectivity index (χ2n) is 5.48. The van der Waals surface area contributed by atoms with E-state index in [2.05, 4.69) is 10.4 Å². The van der Waals surface area contributed by atoms with E-state index in [-0.39, 0.29) is 11.0 Å². The first-order chi connectivity index (χ1) is 9.44. The van der Waals surface area contributed by atoms with Gasteiger partial charge in [0, 0.05) is 18.0 Å². The Hall–Kier alpha value is -1.14. The molecule has 1 aliphatic carbocycles. The first-order valence-corrected chi connectivity index (χ1v) is 6.92. The molecule has 20 heavy (non-hydrogen) atoms. The minimum absolute atomic E-state index is 0.159. The Morgan fingerprint density at radius 1 is 1.40 bits per heavy atom. The summed E-state index contributed by atoms with van der Waals surface area (Å²) in [5.74, 6) is 5.61. The van der Waals surface area contributed by atoms with Gasteiger partial charge in [0.25, 0.3) is 0 Å². The van der Waals surface area contributed by atoms with Gasteiger partial charge in [-0.1, -0.05) is 19.8 Å². The van der Waals surface area contributed by atoms with Gasteiger partial charge in [-0.2, -0.15) is 13.2 Å². The number of hydrogen-bond acceptors (Lipinski definition) is 3. The van der Waals surface area contributed by atoms with Crippen molar-refractivity contribution in [2.75, 3.05) is 0 Å². The maximum atomic E-state index is 13.2. The van der Waals surface area contributed by atoms with E-state index in [0.29, 0.717) is 0 Å². The molecular weight excluding hydrogens is 267 g/mol. The van der Waals surface area contributed by atoms with Crippen LogP contribution in [0.5, 0.6) is 0 Å². The molecule has 1 fully saturated rings. The minimum atomic E-state index is -4.39. The Morgan fingerprint density at radius 2 is 2.05 bits per heavy atom. The molecule has 2 rings (SSSR count). The molecule has 112 valence electrons. The summed E-state index contributed by atoms with van der Waals surface area (Å²) in [5, 5.41) is 0. The normalized spacial score (nSPS) is 20.1. The topological polar surface area (TPSA) is 50.9 Å². The number of pyridine rings is 1. The van der Waals surface area contributed by atoms with E-state index in [0.717, 1.165) is 38.2 Å². The van der Waals surface area contributed by atoms with Crippen molar-refractivity contribution in [1.29, 1.82) is 0 Å². The molecule has 0 aromatic carbocycles. The zero-order valence-corrected chi connectivity index (χ0v) is 11.5. The summed E-state index contributed by atoms with van der Waals surface area (Å²) in [6.45, 7) is 2.01. The summed E-state index contributed by atoms with van der Waals surface area (Å²) in [4.78, 5) is 3.87. The molecule has 0 saturated heterocycles. The number of aromatic nitrogens is 1. The molecular formula is C14H20F3N3. The molecule has 3 N–H and O–H groups in total. The summed E-state index contributed by atoms with van der Waals surface area (Å²) in [5.41, 5.74) is 1.93. The van der Waals surface area contributed by atoms with Crippen LogP contribution < -0.4 is 11.3 Å². The molecule has 1 aromatic rings. The van der Waals surface area contributed by atoms with E-state index in [1.54, 1.807) is 0 Å². The monoisotopic (exact) mass is 287 g/mol. The molecule has 0 bridgehead atoms. The van der Waals surface area contributed by atoms with Crippen LogP contribution in [-0.4, -0.2) is 4.98 Å². The Kier molecular flexibility index (Phi) is 4.34. The number of hydrazine groups is 1. The standard InChI is InChI=1S/C14H20F3N3/c1-2-13(6-3-4-7-13)12(20-18)10-9-19-8-5-11(10)14(15,16)17/h5,8-9,12,20H,2-4,6-7,18H2,1H3. The molecule has 6 heteroatoms. The fraction of sp³-hybridized carbons (Fsp3) is 0.643. The lowest BCUT2D eigenvalue weighted by Crippen LogP contribution is -2.41. The number of halogens is 3. The lowest BCUT2D eigenvalue weighted by atomic mass is 9.73. The van der Waals surface area contributed by atoms with Crippen LogP contribution in [0.3, 0.4) is 0 Å². The van der Waals surface area contributed by atoms with Gasteiger partial charge in [-0.15, -0.1) is 0 Å². The molecule has 1 heterocycles. The first-order valence-electron chi connectivity index (χ1n) is 6.92. The number of alkyl halides is 3. The third-order valence-corrected chi connectivity index (χ3v) is 4.55. The predicted octanol–water partition coefficient (Wildman–Crippen LogP) is 3.58. The van der Waals surface area contributed by atoms with Crippen LogP contribution in [0.15, 0.2) is 18.5 Å². The molecule has 1 aromatic heterocycles. The fourth-order valence-corrected chi connectivity index (χ4v) is 3.42. The zero-order valence-electron chi connectivity index (χ0n) is 11.5. The summed E-state index contributed by atoms with van der Waals surface area (Å²) in [6.07, 6.45) is 2.74. The van der Waals surface area contributed by atoms with Crippen molar-refractivity contribution < 1.29 is 13.2 Å². The van der Waals surface area contributed by atoms with Gasteiger partial charge in [0.15, 0.2) is 0 Å². The van der Waals surface area contributed by atoms with Crippen LogP contribution in [0.4, 0.5) is 13.2 Å². The maximum absolute atomic E-state index is 13.2. The molecule has 1 saturated carbocycles. The maximum Gasteiger partial charge on any atom is 0.416 e. The zero-order chi connectivity index (χ0) is 14.8. The minimum Gasteiger partial charge on any atom is -0.271 e. The quantitative estimate of drug-likeness (QED) is 0.657. The van der Waals surface area contributed by atoms with Gasteiger partial charge in [-0.3, -0.25) is 16.3 Å². The molecule has 1 atom stereocenters. The highest BCUT2D eigenvalue weighted by molar-refractivity contribution is 5.31. The summed E-state index contributed by atoms with van der Waals surface area (Å²) >= 11 is 0. The third kappa shape index (κ3) is 2.67. The van der Waals surface area contributed by atoms with Crippen molar-refractivity contribution in [3.8, 4) is 0 Å². The van der Waals surface area contributed by atoms with E-state index in [9.17, 15) is 13.2 Å². The first kappa shape index (κ1) is 15.3. The third-order valence-electron chi connectivity index (χ3n) is 4.55. The van der Waals surface area contributed by atoms with Crippen LogP contribution in [0.2, 0.25) is 0 Å². The van der Waals surface area contributed by atoms with Crippen LogP contribution in [-0.2, 0) is 6.18 Å². The summed E-state index contributed by atoms with van der Waals surface area (Å²) < 4.78 is 39.5. The van der Waals surface area contributed by atoms with Gasteiger partial charge in [0.2, 0.25) is 0 Å². The Morgan fingerprint density at radius 3 is 2.55 bits per heavy atom. The molecule has 0 spiro atoms. The van der Waals surface area contributed by atoms with Crippen molar-refractivity contribution >= 4 is 0 Å². The fourth-order valence-electron chi connectivity index (χ4n) is 3.42. The second-order valence-corrected chi connectivity index (χ2v) is 5.48. The predicted molar refractivity (Wildman–Crippen MR) is 70.5 cm³/mol. The van der Waals surface area contributed by atoms with Crippen LogP contribution >= 0.6 is 0 Å². The summed E-state index contributed by atoms with van der Waals surface area (Å²) in [6, 6.07) is 0.512. The van der Waals surface area contributed by atoms with E-state index in [1.807, 2.05) is 6.92 Å². The largest absolute Gasteiger partial charge is 0.416 e. The number of nitrogens with two attached hydrogens (primary N) is 1. The molecule has 1 aliphatic rings. The van der Waals surface area contributed by atoms with Crippen LogP contribution in [0.25, 0.3) is 0 Å². The van der Waals surface area contributed by atoms with E-state index in [1.165, 1.54) is 12.4 Å². The van der Waals surface area contributed by atoms with Crippen molar-refractivity contribution in [3.63, 3.8) is 0 Å². The highest BCUT2D eigenvalue weighted by Gasteiger charge is 2.44. The lowest BCUT2D eigenvalue weighted by Gasteiger charge is -2.37. The van der Waals surface area contributed by atoms with Crippen molar-refractivity contribution in [2.24, 2.45) is 11.3 Å². The molecule has 0 radical (unpaired) electrons. The van der Waals surface area contributed by atoms with Gasteiger partial charge in [-0.25, -0.2) is 0 Å². The van der Waals surface area contributed by atoms with Gasteiger partial charge in [0.1, 0.15) is 0 Å². The molecule has 1 unspecified atom stereocenters. The number of nitrogens with zero attached hydrogens (tertiary/aromatic N) is 1. The molecule has 0 amide bonds. The lowest BCUT2D eigenvalue weighted by molar-refractivity contribution is -0.138. The van der Waals surface area contributed by atoms with Crippen molar-refractivity contribution in [3.05, 3.63) is 29.6 Å². The van der Waals surface area contributed by atoms with Crippen molar-refractivity contribution in [2.45, 2.75) is 51.2 Å². The molecule has 0 aliphatic heterocycles. The number of nitrogens with one attached hydrogen (secondary N) is 1. The Balaban J connectivity index is 2.47. The van der Waals surface area contributed by atoms with E-state index in [4.69, 9.17) is 5.84 Å². The molecule has 3 nitrogen and oxygen atoms in total. The number of rotatable bonds is 4. The average Bonchev–Trinajstić information content (AvgIpc) is 2.89. The van der Waals surface area contributed by atoms with E-state index >= 15 is 0 Å². The van der Waals surface area contributed by atoms with Crippen molar-refractivity contribution in [1.82, 2.24) is 10.4 Å². The van der Waals surface area contributed by atoms with Crippen LogP contribution in [0, 0.1) is 5.41 Å². The van der Waals surface area contributed by atoms with Gasteiger partial charge >= 0.3 is 6.18 Å². The SMILES string of the molecule is CCC1(C(NN)c2cnccc2C(F)(F)F)CCCC1.